The summed E-state index contributed by atoms with van der Waals surface area (Å²) in [6.45, 7) is 0.127. The first kappa shape index (κ1) is 11.0. The lowest BCUT2D eigenvalue weighted by molar-refractivity contribution is -0.191. The van der Waals surface area contributed by atoms with Crippen LogP contribution >= 0.6 is 11.6 Å². The van der Waals surface area contributed by atoms with E-state index in [2.05, 4.69) is 4.98 Å². The summed E-state index contributed by atoms with van der Waals surface area (Å²) < 4.78 is 0. The number of carbonyl (C=O) groups excluding carboxylic acids is 2. The Bertz CT molecular complexity index is 403. The van der Waals surface area contributed by atoms with E-state index in [0.29, 0.717) is 5.15 Å². The average molecular weight is 241 g/mol. The lowest BCUT2D eigenvalue weighted by Gasteiger charge is -2.12. The summed E-state index contributed by atoms with van der Waals surface area (Å²) in [5.41, 5.74) is 0.747. The van der Waals surface area contributed by atoms with Gasteiger partial charge in [-0.2, -0.15) is 5.06 Å². The molecule has 2 rings (SSSR count). The van der Waals surface area contributed by atoms with Crippen molar-refractivity contribution in [2.75, 3.05) is 0 Å². The van der Waals surface area contributed by atoms with Crippen LogP contribution in [-0.2, 0) is 21.0 Å². The molecule has 1 aromatic heterocycles. The number of halogens is 1. The Morgan fingerprint density at radius 2 is 2.00 bits per heavy atom. The second-order valence-electron chi connectivity index (χ2n) is 3.34. The summed E-state index contributed by atoms with van der Waals surface area (Å²) >= 11 is 5.61. The Balaban J connectivity index is 1.94. The van der Waals surface area contributed by atoms with Gasteiger partial charge in [0.2, 0.25) is 0 Å². The molecule has 0 saturated carbocycles. The van der Waals surface area contributed by atoms with E-state index in [4.69, 9.17) is 16.4 Å². The van der Waals surface area contributed by atoms with E-state index in [0.717, 1.165) is 10.6 Å². The molecule has 1 saturated heterocycles. The van der Waals surface area contributed by atoms with Crippen LogP contribution in [0.15, 0.2) is 18.3 Å². The first-order valence-corrected chi connectivity index (χ1v) is 5.14. The van der Waals surface area contributed by atoms with Crippen molar-refractivity contribution in [3.05, 3.63) is 29.0 Å². The number of carbonyl (C=O) groups is 2. The highest BCUT2D eigenvalue weighted by molar-refractivity contribution is 6.29. The quantitative estimate of drug-likeness (QED) is 0.591. The molecule has 0 aliphatic carbocycles. The maximum atomic E-state index is 11.2. The number of nitrogens with zero attached hydrogens (tertiary/aromatic N) is 2. The van der Waals surface area contributed by atoms with Crippen LogP contribution in [0.4, 0.5) is 0 Å². The molecule has 0 aromatic carbocycles. The number of hydroxylamine groups is 2. The molecule has 0 bridgehead atoms. The first-order chi connectivity index (χ1) is 7.66. The van der Waals surface area contributed by atoms with Gasteiger partial charge in [0.25, 0.3) is 11.8 Å². The van der Waals surface area contributed by atoms with Crippen LogP contribution in [0.2, 0.25) is 5.15 Å². The molecule has 0 radical (unpaired) electrons. The minimum absolute atomic E-state index is 0.127. The molecule has 0 atom stereocenters. The summed E-state index contributed by atoms with van der Waals surface area (Å²) in [5.74, 6) is -0.598. The number of imide groups is 1. The minimum atomic E-state index is -0.299. The first-order valence-electron chi connectivity index (χ1n) is 4.76. The molecule has 1 aliphatic heterocycles. The van der Waals surface area contributed by atoms with E-state index >= 15 is 0 Å². The third kappa shape index (κ3) is 2.37. The number of amides is 2. The highest BCUT2D eigenvalue weighted by atomic mass is 35.5. The zero-order valence-corrected chi connectivity index (χ0v) is 9.11. The lowest BCUT2D eigenvalue weighted by atomic mass is 10.3. The van der Waals surface area contributed by atoms with Crippen molar-refractivity contribution in [2.24, 2.45) is 0 Å². The van der Waals surface area contributed by atoms with Crippen molar-refractivity contribution in [1.82, 2.24) is 10.0 Å². The Morgan fingerprint density at radius 1 is 1.31 bits per heavy atom. The van der Waals surface area contributed by atoms with Gasteiger partial charge in [0.1, 0.15) is 11.8 Å². The van der Waals surface area contributed by atoms with Gasteiger partial charge in [-0.15, -0.1) is 0 Å². The molecule has 2 amide bonds. The summed E-state index contributed by atoms with van der Waals surface area (Å²) in [6, 6.07) is 3.34. The maximum absolute atomic E-state index is 11.2. The summed E-state index contributed by atoms with van der Waals surface area (Å²) in [7, 11) is 0. The molecular formula is C10H9ClN2O3. The van der Waals surface area contributed by atoms with Crippen molar-refractivity contribution in [2.45, 2.75) is 19.4 Å². The second kappa shape index (κ2) is 4.59. The molecule has 1 fully saturated rings. The fourth-order valence-corrected chi connectivity index (χ4v) is 1.44. The smallest absolute Gasteiger partial charge is 0.254 e. The van der Waals surface area contributed by atoms with Crippen molar-refractivity contribution in [3.63, 3.8) is 0 Å². The van der Waals surface area contributed by atoms with Gasteiger partial charge in [-0.05, 0) is 11.6 Å². The predicted molar refractivity (Wildman–Crippen MR) is 55.1 cm³/mol. The Labute approximate surface area is 96.9 Å². The van der Waals surface area contributed by atoms with Crippen molar-refractivity contribution >= 4 is 23.4 Å². The largest absolute Gasteiger partial charge is 0.272 e. The standard InChI is InChI=1S/C10H9ClN2O3/c11-8-2-1-7(5-12-8)6-16-13-9(14)3-4-10(13)15/h1-2,5H,3-4,6H2. The second-order valence-corrected chi connectivity index (χ2v) is 3.73. The van der Waals surface area contributed by atoms with Gasteiger partial charge < -0.3 is 0 Å². The van der Waals surface area contributed by atoms with E-state index in [-0.39, 0.29) is 31.3 Å². The van der Waals surface area contributed by atoms with Crippen molar-refractivity contribution in [3.8, 4) is 0 Å². The molecule has 0 unspecified atom stereocenters. The van der Waals surface area contributed by atoms with Gasteiger partial charge in [-0.1, -0.05) is 17.7 Å². The number of hydrogen-bond donors (Lipinski definition) is 0. The van der Waals surface area contributed by atoms with Gasteiger partial charge in [0, 0.05) is 19.0 Å². The zero-order chi connectivity index (χ0) is 11.5. The molecule has 2 heterocycles. The van der Waals surface area contributed by atoms with E-state index in [9.17, 15) is 9.59 Å². The van der Waals surface area contributed by atoms with E-state index in [1.165, 1.54) is 6.20 Å². The van der Waals surface area contributed by atoms with Crippen LogP contribution in [0.25, 0.3) is 0 Å². The Kier molecular flexibility index (Phi) is 3.17. The fraction of sp³-hybridized carbons (Fsp3) is 0.300. The van der Waals surface area contributed by atoms with E-state index in [1.807, 2.05) is 0 Å². The van der Waals surface area contributed by atoms with Crippen LogP contribution in [0, 0.1) is 0 Å². The maximum Gasteiger partial charge on any atom is 0.254 e. The lowest BCUT2D eigenvalue weighted by Crippen LogP contribution is -2.29. The van der Waals surface area contributed by atoms with Gasteiger partial charge in [-0.25, -0.2) is 4.98 Å². The summed E-state index contributed by atoms with van der Waals surface area (Å²) in [6.07, 6.45) is 1.97. The molecular weight excluding hydrogens is 232 g/mol. The number of pyridine rings is 1. The van der Waals surface area contributed by atoms with E-state index in [1.54, 1.807) is 12.1 Å². The van der Waals surface area contributed by atoms with Gasteiger partial charge in [0.15, 0.2) is 0 Å². The molecule has 6 heteroatoms. The van der Waals surface area contributed by atoms with Crippen LogP contribution in [0.1, 0.15) is 18.4 Å². The number of rotatable bonds is 3. The van der Waals surface area contributed by atoms with Crippen LogP contribution in [-0.4, -0.2) is 21.9 Å². The molecule has 0 spiro atoms. The van der Waals surface area contributed by atoms with Crippen LogP contribution < -0.4 is 0 Å². The predicted octanol–water partition coefficient (Wildman–Crippen LogP) is 1.32. The van der Waals surface area contributed by atoms with Gasteiger partial charge >= 0.3 is 0 Å². The number of aromatic nitrogens is 1. The molecule has 1 aromatic rings. The SMILES string of the molecule is O=C1CCC(=O)N1OCc1ccc(Cl)nc1. The normalized spacial score (nSPS) is 15.9. The minimum Gasteiger partial charge on any atom is -0.272 e. The van der Waals surface area contributed by atoms with Crippen LogP contribution in [0.5, 0.6) is 0 Å². The topological polar surface area (TPSA) is 59.5 Å². The number of hydrogen-bond acceptors (Lipinski definition) is 4. The highest BCUT2D eigenvalue weighted by Crippen LogP contribution is 2.14. The average Bonchev–Trinajstić information content (AvgIpc) is 2.59. The Hall–Kier alpha value is -1.46. The van der Waals surface area contributed by atoms with E-state index < -0.39 is 0 Å². The molecule has 0 N–H and O–H groups in total. The van der Waals surface area contributed by atoms with Gasteiger partial charge in [0.05, 0.1) is 0 Å². The zero-order valence-electron chi connectivity index (χ0n) is 8.35. The third-order valence-electron chi connectivity index (χ3n) is 2.15. The molecule has 84 valence electrons. The van der Waals surface area contributed by atoms with Crippen LogP contribution in [0.3, 0.4) is 0 Å². The summed E-state index contributed by atoms with van der Waals surface area (Å²) in [4.78, 5) is 31.4. The Morgan fingerprint density at radius 3 is 2.56 bits per heavy atom. The molecule has 16 heavy (non-hydrogen) atoms. The van der Waals surface area contributed by atoms with Crippen molar-refractivity contribution < 1.29 is 14.4 Å². The fourth-order valence-electron chi connectivity index (χ4n) is 1.33. The molecule has 5 nitrogen and oxygen atoms in total. The molecule has 1 aliphatic rings. The van der Waals surface area contributed by atoms with Gasteiger partial charge in [-0.3, -0.25) is 14.4 Å². The van der Waals surface area contributed by atoms with Crippen molar-refractivity contribution in [1.29, 1.82) is 0 Å². The highest BCUT2D eigenvalue weighted by Gasteiger charge is 2.30. The third-order valence-corrected chi connectivity index (χ3v) is 2.38. The summed E-state index contributed by atoms with van der Waals surface area (Å²) in [5, 5.41) is 1.20. The monoisotopic (exact) mass is 240 g/mol.